The monoisotopic (exact) mass is 492 g/mol. The van der Waals surface area contributed by atoms with Crippen molar-refractivity contribution in [3.8, 4) is 11.3 Å². The van der Waals surface area contributed by atoms with Crippen molar-refractivity contribution in [1.29, 1.82) is 0 Å². The van der Waals surface area contributed by atoms with Crippen molar-refractivity contribution in [3.05, 3.63) is 46.6 Å². The van der Waals surface area contributed by atoms with Gasteiger partial charge in [-0.3, -0.25) is 0 Å². The third kappa shape index (κ3) is 10.3. The zero-order valence-electron chi connectivity index (χ0n) is 17.1. The molecule has 0 aliphatic rings. The molecule has 160 valence electrons. The Morgan fingerprint density at radius 3 is 2.07 bits per heavy atom. The summed E-state index contributed by atoms with van der Waals surface area (Å²) < 4.78 is 7.04. The van der Waals surface area contributed by atoms with E-state index in [1.54, 1.807) is 0 Å². The normalized spacial score (nSPS) is 10.6. The highest BCUT2D eigenvalue weighted by Gasteiger charge is 2.06. The fourth-order valence-electron chi connectivity index (χ4n) is 2.98. The summed E-state index contributed by atoms with van der Waals surface area (Å²) in [4.78, 5) is 2.62. The quantitative estimate of drug-likeness (QED) is 0.306. The summed E-state index contributed by atoms with van der Waals surface area (Å²) in [6.07, 6.45) is 6.36. The van der Waals surface area contributed by atoms with Crippen molar-refractivity contribution < 1.29 is 4.42 Å². The fraction of sp³-hybridized carbons (Fsp3) is 0.545. The Labute approximate surface area is 191 Å². The van der Waals surface area contributed by atoms with Gasteiger partial charge in [-0.1, -0.05) is 54.8 Å². The first-order valence-electron chi connectivity index (χ1n) is 10.0. The predicted octanol–water partition coefficient (Wildman–Crippen LogP) is 6.93. The molecule has 0 aliphatic heterocycles. The maximum Gasteiger partial charge on any atom is 0.134 e. The van der Waals surface area contributed by atoms with Crippen molar-refractivity contribution in [2.45, 2.75) is 52.5 Å². The average Bonchev–Trinajstić information content (AvgIpc) is 3.12. The molecular formula is C22H35BrCl2N2O. The van der Waals surface area contributed by atoms with Crippen LogP contribution in [0.1, 0.15) is 51.7 Å². The Hall–Kier alpha value is -0.520. The third-order valence-corrected chi connectivity index (χ3v) is 5.10. The summed E-state index contributed by atoms with van der Waals surface area (Å²) in [5.41, 5.74) is 1.11. The number of benzene rings is 1. The molecular weight excluding hydrogens is 459 g/mol. The van der Waals surface area contributed by atoms with Crippen LogP contribution in [0.15, 0.2) is 45.3 Å². The number of hydrogen-bond acceptors (Lipinski definition) is 3. The Morgan fingerprint density at radius 1 is 0.857 bits per heavy atom. The van der Waals surface area contributed by atoms with E-state index >= 15 is 0 Å². The van der Waals surface area contributed by atoms with Gasteiger partial charge in [0, 0.05) is 10.0 Å². The number of nitrogens with one attached hydrogen (secondary N) is 1. The molecule has 3 nitrogen and oxygen atoms in total. The van der Waals surface area contributed by atoms with Gasteiger partial charge in [-0.15, -0.1) is 24.8 Å². The van der Waals surface area contributed by atoms with Crippen molar-refractivity contribution in [2.24, 2.45) is 0 Å². The van der Waals surface area contributed by atoms with Crippen LogP contribution in [0.4, 0.5) is 0 Å². The standard InChI is InChI=1S/C22H33BrN2O.2ClH/c1-3-5-15-25(16-6-4-2)17-7-14-24-18-21-12-13-22(26-21)19-8-10-20(23)11-9-19;;/h8-13,24H,3-7,14-18H2,1-2H3;2*1H. The molecule has 0 fully saturated rings. The van der Waals surface area contributed by atoms with Gasteiger partial charge >= 0.3 is 0 Å². The van der Waals surface area contributed by atoms with E-state index in [0.717, 1.165) is 34.6 Å². The van der Waals surface area contributed by atoms with Gasteiger partial charge in [0.05, 0.1) is 6.54 Å². The number of nitrogens with zero attached hydrogens (tertiary/aromatic N) is 1. The second kappa shape index (κ2) is 16.3. The topological polar surface area (TPSA) is 28.4 Å². The molecule has 0 radical (unpaired) electrons. The van der Waals surface area contributed by atoms with Crippen molar-refractivity contribution in [2.75, 3.05) is 26.2 Å². The Kier molecular flexibility index (Phi) is 16.0. The van der Waals surface area contributed by atoms with Crippen molar-refractivity contribution in [1.82, 2.24) is 10.2 Å². The number of unbranched alkanes of at least 4 members (excludes halogenated alkanes) is 2. The molecule has 1 heterocycles. The minimum atomic E-state index is 0. The molecule has 1 aromatic carbocycles. The third-order valence-electron chi connectivity index (χ3n) is 4.57. The number of halogens is 3. The zero-order chi connectivity index (χ0) is 18.6. The van der Waals surface area contributed by atoms with E-state index in [-0.39, 0.29) is 24.8 Å². The highest BCUT2D eigenvalue weighted by molar-refractivity contribution is 9.10. The van der Waals surface area contributed by atoms with E-state index in [9.17, 15) is 0 Å². The first-order chi connectivity index (χ1) is 12.7. The number of furan rings is 1. The maximum absolute atomic E-state index is 5.96. The van der Waals surface area contributed by atoms with Crippen LogP contribution in [0.3, 0.4) is 0 Å². The van der Waals surface area contributed by atoms with Gasteiger partial charge in [0.15, 0.2) is 0 Å². The minimum Gasteiger partial charge on any atom is -0.460 e. The molecule has 28 heavy (non-hydrogen) atoms. The molecule has 0 aliphatic carbocycles. The van der Waals surface area contributed by atoms with Crippen LogP contribution in [0.5, 0.6) is 0 Å². The largest absolute Gasteiger partial charge is 0.460 e. The summed E-state index contributed by atoms with van der Waals surface area (Å²) in [7, 11) is 0. The summed E-state index contributed by atoms with van der Waals surface area (Å²) in [6, 6.07) is 12.3. The molecule has 2 rings (SSSR count). The molecule has 1 N–H and O–H groups in total. The molecule has 1 aromatic heterocycles. The van der Waals surface area contributed by atoms with Gasteiger partial charge in [0.1, 0.15) is 11.5 Å². The first-order valence-corrected chi connectivity index (χ1v) is 10.8. The van der Waals surface area contributed by atoms with E-state index in [0.29, 0.717) is 0 Å². The first kappa shape index (κ1) is 27.5. The van der Waals surface area contributed by atoms with Gasteiger partial charge in [0.25, 0.3) is 0 Å². The van der Waals surface area contributed by atoms with E-state index in [1.807, 2.05) is 12.1 Å². The summed E-state index contributed by atoms with van der Waals surface area (Å²) in [6.45, 7) is 10.0. The summed E-state index contributed by atoms with van der Waals surface area (Å²) >= 11 is 3.47. The van der Waals surface area contributed by atoms with Crippen LogP contribution < -0.4 is 5.32 Å². The fourth-order valence-corrected chi connectivity index (χ4v) is 3.24. The zero-order valence-corrected chi connectivity index (χ0v) is 20.3. The second-order valence-corrected chi connectivity index (χ2v) is 7.77. The molecule has 0 atom stereocenters. The minimum absolute atomic E-state index is 0. The van der Waals surface area contributed by atoms with Crippen molar-refractivity contribution in [3.63, 3.8) is 0 Å². The highest BCUT2D eigenvalue weighted by atomic mass is 79.9. The lowest BCUT2D eigenvalue weighted by Gasteiger charge is -2.21. The van der Waals surface area contributed by atoms with Crippen LogP contribution in [-0.2, 0) is 6.54 Å². The molecule has 0 spiro atoms. The van der Waals surface area contributed by atoms with E-state index in [2.05, 4.69) is 64.3 Å². The van der Waals surface area contributed by atoms with Gasteiger partial charge < -0.3 is 14.6 Å². The van der Waals surface area contributed by atoms with Crippen LogP contribution >= 0.6 is 40.7 Å². The summed E-state index contributed by atoms with van der Waals surface area (Å²) in [5.74, 6) is 1.93. The van der Waals surface area contributed by atoms with Gasteiger partial charge in [-0.2, -0.15) is 0 Å². The SMILES string of the molecule is CCCCN(CCCC)CCCNCc1ccc(-c2ccc(Br)cc2)o1.Cl.Cl. The Morgan fingerprint density at radius 2 is 1.46 bits per heavy atom. The van der Waals surface area contributed by atoms with Crippen LogP contribution in [0.25, 0.3) is 11.3 Å². The molecule has 0 saturated heterocycles. The smallest absolute Gasteiger partial charge is 0.134 e. The van der Waals surface area contributed by atoms with Crippen LogP contribution in [0.2, 0.25) is 0 Å². The highest BCUT2D eigenvalue weighted by Crippen LogP contribution is 2.23. The lowest BCUT2D eigenvalue weighted by molar-refractivity contribution is 0.260. The van der Waals surface area contributed by atoms with E-state index in [1.165, 1.54) is 51.7 Å². The van der Waals surface area contributed by atoms with Crippen molar-refractivity contribution >= 4 is 40.7 Å². The van der Waals surface area contributed by atoms with E-state index in [4.69, 9.17) is 4.42 Å². The maximum atomic E-state index is 5.96. The number of hydrogen-bond donors (Lipinski definition) is 1. The second-order valence-electron chi connectivity index (χ2n) is 6.85. The van der Waals surface area contributed by atoms with Gasteiger partial charge in [0.2, 0.25) is 0 Å². The molecule has 0 bridgehead atoms. The number of rotatable bonds is 13. The van der Waals surface area contributed by atoms with Gasteiger partial charge in [-0.05, 0) is 69.7 Å². The molecule has 2 aromatic rings. The predicted molar refractivity (Wildman–Crippen MR) is 129 cm³/mol. The molecule has 6 heteroatoms. The average molecular weight is 494 g/mol. The lowest BCUT2D eigenvalue weighted by atomic mass is 10.2. The van der Waals surface area contributed by atoms with Gasteiger partial charge in [-0.25, -0.2) is 0 Å². The van der Waals surface area contributed by atoms with E-state index < -0.39 is 0 Å². The van der Waals surface area contributed by atoms with Crippen LogP contribution in [0, 0.1) is 0 Å². The molecule has 0 saturated carbocycles. The molecule has 0 amide bonds. The Balaban J connectivity index is 0.00000364. The summed E-state index contributed by atoms with van der Waals surface area (Å²) in [5, 5.41) is 3.52. The molecule has 0 unspecified atom stereocenters. The van der Waals surface area contributed by atoms with Crippen LogP contribution in [-0.4, -0.2) is 31.1 Å². The lowest BCUT2D eigenvalue weighted by Crippen LogP contribution is -2.29. The Bertz CT molecular complexity index is 611.